The summed E-state index contributed by atoms with van der Waals surface area (Å²) in [5.74, 6) is -0.547. The summed E-state index contributed by atoms with van der Waals surface area (Å²) in [6.45, 7) is 3.70. The van der Waals surface area contributed by atoms with Crippen LogP contribution in [0.2, 0.25) is 5.02 Å². The molecule has 1 heterocycles. The maximum atomic E-state index is 12.7. The van der Waals surface area contributed by atoms with Gasteiger partial charge in [-0.05, 0) is 43.4 Å². The van der Waals surface area contributed by atoms with Crippen LogP contribution >= 0.6 is 11.6 Å². The second-order valence-corrected chi connectivity index (χ2v) is 9.26. The summed E-state index contributed by atoms with van der Waals surface area (Å²) in [4.78, 5) is 27.7. The largest absolute Gasteiger partial charge is 0.455 e. The molecule has 7 heteroatoms. The lowest BCUT2D eigenvalue weighted by molar-refractivity contribution is -0.151. The molecule has 2 saturated carbocycles. The zero-order valence-electron chi connectivity index (χ0n) is 17.5. The van der Waals surface area contributed by atoms with Crippen LogP contribution in [0.25, 0.3) is 0 Å². The van der Waals surface area contributed by atoms with Gasteiger partial charge in [0.25, 0.3) is 5.91 Å². The van der Waals surface area contributed by atoms with Gasteiger partial charge in [0.1, 0.15) is 0 Å². The Kier molecular flexibility index (Phi) is 6.66. The van der Waals surface area contributed by atoms with Gasteiger partial charge < -0.3 is 14.8 Å². The lowest BCUT2D eigenvalue weighted by atomic mass is 9.79. The molecule has 1 aromatic carbocycles. The number of hydrogen-bond donors (Lipinski definition) is 1. The molecule has 6 nitrogen and oxygen atoms in total. The number of carbonyl (C=O) groups is 2. The molecule has 2 aliphatic carbocycles. The highest BCUT2D eigenvalue weighted by Gasteiger charge is 2.53. The van der Waals surface area contributed by atoms with Crippen LogP contribution in [-0.2, 0) is 24.5 Å². The number of amides is 1. The van der Waals surface area contributed by atoms with Crippen LogP contribution in [0.15, 0.2) is 24.3 Å². The lowest BCUT2D eigenvalue weighted by Gasteiger charge is -2.48. The molecule has 1 saturated heterocycles. The van der Waals surface area contributed by atoms with E-state index in [1.807, 2.05) is 12.1 Å². The SMILES string of the molecule is O=C(COC(=O)C1(c2ccc(Cl)cc2)CC1)NCC1(N2CCOCC2)CCCCC1. The van der Waals surface area contributed by atoms with E-state index in [2.05, 4.69) is 10.2 Å². The fourth-order valence-electron chi connectivity index (χ4n) is 4.94. The number of esters is 1. The predicted octanol–water partition coefficient (Wildman–Crippen LogP) is 3.07. The molecule has 3 aliphatic rings. The molecule has 30 heavy (non-hydrogen) atoms. The molecule has 1 N–H and O–H groups in total. The van der Waals surface area contributed by atoms with Crippen LogP contribution in [0.5, 0.6) is 0 Å². The van der Waals surface area contributed by atoms with E-state index in [0.29, 0.717) is 11.6 Å². The van der Waals surface area contributed by atoms with E-state index in [1.54, 1.807) is 12.1 Å². The van der Waals surface area contributed by atoms with E-state index in [9.17, 15) is 9.59 Å². The summed E-state index contributed by atoms with van der Waals surface area (Å²) in [7, 11) is 0. The molecule has 1 amide bonds. The summed E-state index contributed by atoms with van der Waals surface area (Å²) in [6, 6.07) is 7.30. The van der Waals surface area contributed by atoms with Gasteiger partial charge in [0, 0.05) is 30.2 Å². The number of nitrogens with zero attached hydrogens (tertiary/aromatic N) is 1. The topological polar surface area (TPSA) is 67.9 Å². The average molecular weight is 435 g/mol. The molecule has 0 atom stereocenters. The highest BCUT2D eigenvalue weighted by atomic mass is 35.5. The van der Waals surface area contributed by atoms with Gasteiger partial charge in [0.05, 0.1) is 18.6 Å². The Bertz CT molecular complexity index is 751. The van der Waals surface area contributed by atoms with Crippen molar-refractivity contribution in [2.75, 3.05) is 39.5 Å². The third-order valence-corrected chi connectivity index (χ3v) is 7.20. The number of hydrogen-bond acceptors (Lipinski definition) is 5. The fraction of sp³-hybridized carbons (Fsp3) is 0.652. The van der Waals surface area contributed by atoms with Crippen molar-refractivity contribution >= 4 is 23.5 Å². The van der Waals surface area contributed by atoms with Crippen LogP contribution in [0.1, 0.15) is 50.5 Å². The van der Waals surface area contributed by atoms with E-state index in [-0.39, 0.29) is 24.0 Å². The summed E-state index contributed by atoms with van der Waals surface area (Å²) in [5, 5.41) is 3.69. The summed E-state index contributed by atoms with van der Waals surface area (Å²) in [6.07, 6.45) is 7.30. The van der Waals surface area contributed by atoms with E-state index in [1.165, 1.54) is 19.3 Å². The van der Waals surface area contributed by atoms with Gasteiger partial charge in [0.2, 0.25) is 0 Å². The molecule has 0 bridgehead atoms. The molecule has 164 valence electrons. The van der Waals surface area contributed by atoms with Crippen molar-refractivity contribution in [1.29, 1.82) is 0 Å². The first-order valence-corrected chi connectivity index (χ1v) is 11.4. The van der Waals surface area contributed by atoms with Gasteiger partial charge in [-0.1, -0.05) is 43.0 Å². The van der Waals surface area contributed by atoms with Crippen LogP contribution in [0.3, 0.4) is 0 Å². The second kappa shape index (κ2) is 9.25. The lowest BCUT2D eigenvalue weighted by Crippen LogP contribution is -2.59. The molecule has 0 radical (unpaired) electrons. The van der Waals surface area contributed by atoms with Crippen molar-refractivity contribution in [2.45, 2.75) is 55.9 Å². The van der Waals surface area contributed by atoms with Crippen molar-refractivity contribution in [1.82, 2.24) is 10.2 Å². The van der Waals surface area contributed by atoms with Gasteiger partial charge in [0.15, 0.2) is 6.61 Å². The molecule has 0 aromatic heterocycles. The van der Waals surface area contributed by atoms with Crippen molar-refractivity contribution in [2.24, 2.45) is 0 Å². The Hall–Kier alpha value is -1.63. The maximum absolute atomic E-state index is 12.7. The monoisotopic (exact) mass is 434 g/mol. The second-order valence-electron chi connectivity index (χ2n) is 8.83. The minimum absolute atomic E-state index is 0.00270. The van der Waals surface area contributed by atoms with Gasteiger partial charge in [-0.15, -0.1) is 0 Å². The smallest absolute Gasteiger partial charge is 0.317 e. The standard InChI is InChI=1S/C23H31ClN2O4/c24-19-6-4-18(5-7-19)23(10-11-23)21(28)30-16-20(27)25-17-22(8-2-1-3-9-22)26-12-14-29-15-13-26/h4-7H,1-3,8-17H2,(H,25,27). The molecule has 1 aromatic rings. The minimum atomic E-state index is -0.608. The Balaban J connectivity index is 1.29. The Morgan fingerprint density at radius 1 is 1.03 bits per heavy atom. The van der Waals surface area contributed by atoms with E-state index < -0.39 is 5.41 Å². The quantitative estimate of drug-likeness (QED) is 0.668. The molecule has 4 rings (SSSR count). The van der Waals surface area contributed by atoms with Crippen molar-refractivity contribution in [3.63, 3.8) is 0 Å². The third-order valence-electron chi connectivity index (χ3n) is 6.95. The minimum Gasteiger partial charge on any atom is -0.455 e. The first-order valence-electron chi connectivity index (χ1n) is 11.1. The summed E-state index contributed by atoms with van der Waals surface area (Å²) < 4.78 is 10.9. The zero-order chi connectivity index (χ0) is 21.0. The molecular weight excluding hydrogens is 404 g/mol. The normalized spacial score (nSPS) is 22.8. The van der Waals surface area contributed by atoms with E-state index >= 15 is 0 Å². The zero-order valence-corrected chi connectivity index (χ0v) is 18.2. The van der Waals surface area contributed by atoms with E-state index in [0.717, 1.165) is 57.6 Å². The summed E-state index contributed by atoms with van der Waals surface area (Å²) in [5.41, 5.74) is 0.303. The molecule has 0 spiro atoms. The molecule has 3 fully saturated rings. The van der Waals surface area contributed by atoms with Crippen molar-refractivity contribution < 1.29 is 19.1 Å². The number of rotatable bonds is 7. The number of halogens is 1. The average Bonchev–Trinajstić information content (AvgIpc) is 3.60. The van der Waals surface area contributed by atoms with Gasteiger partial charge >= 0.3 is 5.97 Å². The predicted molar refractivity (Wildman–Crippen MR) is 115 cm³/mol. The van der Waals surface area contributed by atoms with Crippen molar-refractivity contribution in [3.05, 3.63) is 34.9 Å². The number of morpholine rings is 1. The maximum Gasteiger partial charge on any atom is 0.317 e. The number of benzene rings is 1. The molecule has 1 aliphatic heterocycles. The van der Waals surface area contributed by atoms with E-state index in [4.69, 9.17) is 21.1 Å². The first kappa shape index (κ1) is 21.6. The summed E-state index contributed by atoms with van der Waals surface area (Å²) >= 11 is 5.95. The number of ether oxygens (including phenoxy) is 2. The third kappa shape index (κ3) is 4.66. The van der Waals surface area contributed by atoms with Crippen LogP contribution in [0, 0.1) is 0 Å². The highest BCUT2D eigenvalue weighted by molar-refractivity contribution is 6.30. The van der Waals surface area contributed by atoms with Crippen LogP contribution in [0.4, 0.5) is 0 Å². The first-order chi connectivity index (χ1) is 14.5. The van der Waals surface area contributed by atoms with Crippen LogP contribution < -0.4 is 5.32 Å². The van der Waals surface area contributed by atoms with Crippen LogP contribution in [-0.4, -0.2) is 61.8 Å². The fourth-order valence-corrected chi connectivity index (χ4v) is 5.07. The molecular formula is C23H31ClN2O4. The Morgan fingerprint density at radius 2 is 1.70 bits per heavy atom. The number of nitrogens with one attached hydrogen (secondary N) is 1. The van der Waals surface area contributed by atoms with Crippen molar-refractivity contribution in [3.8, 4) is 0 Å². The van der Waals surface area contributed by atoms with Gasteiger partial charge in [-0.3, -0.25) is 14.5 Å². The highest BCUT2D eigenvalue weighted by Crippen LogP contribution is 2.49. The van der Waals surface area contributed by atoms with Gasteiger partial charge in [-0.25, -0.2) is 0 Å². The number of carbonyl (C=O) groups excluding carboxylic acids is 2. The van der Waals surface area contributed by atoms with Gasteiger partial charge in [-0.2, -0.15) is 0 Å². The molecule has 0 unspecified atom stereocenters. The Morgan fingerprint density at radius 3 is 2.33 bits per heavy atom. The Labute approximate surface area is 183 Å².